The van der Waals surface area contributed by atoms with E-state index in [4.69, 9.17) is 0 Å². The van der Waals surface area contributed by atoms with Gasteiger partial charge in [-0.05, 0) is 5.56 Å². The average Bonchev–Trinajstić information content (AvgIpc) is 2.82. The minimum absolute atomic E-state index is 0.175. The van der Waals surface area contributed by atoms with E-state index in [1.54, 1.807) is 24.3 Å². The van der Waals surface area contributed by atoms with E-state index >= 15 is 0 Å². The molecule has 1 unspecified atom stereocenters. The monoisotopic (exact) mass is 200 g/mol. The molecule has 1 aliphatic rings. The Morgan fingerprint density at radius 2 is 1.73 bits per heavy atom. The number of hydrogen-bond donors (Lipinski definition) is 1. The molecule has 2 nitrogen and oxygen atoms in total. The van der Waals surface area contributed by atoms with Crippen LogP contribution in [0.1, 0.15) is 11.7 Å². The Bertz CT molecular complexity index is 392. The van der Waals surface area contributed by atoms with Gasteiger partial charge in [0, 0.05) is 0 Å². The van der Waals surface area contributed by atoms with Crippen LogP contribution in [0, 0.1) is 5.92 Å². The molecular weight excluding hydrogens is 188 g/mol. The van der Waals surface area contributed by atoms with Gasteiger partial charge in [0.25, 0.3) is 0 Å². The molecule has 1 atom stereocenters. The van der Waals surface area contributed by atoms with Gasteiger partial charge in [0.1, 0.15) is 6.10 Å². The van der Waals surface area contributed by atoms with Crippen LogP contribution in [-0.4, -0.2) is 10.9 Å². The molecule has 0 aromatic heterocycles. The van der Waals surface area contributed by atoms with Gasteiger partial charge in [-0.25, -0.2) is 0 Å². The van der Waals surface area contributed by atoms with Gasteiger partial charge in [-0.1, -0.05) is 54.6 Å². The number of ketones is 1. The van der Waals surface area contributed by atoms with Crippen molar-refractivity contribution in [1.29, 1.82) is 0 Å². The molecule has 0 spiro atoms. The number of allylic oxidation sites excluding steroid dienone is 4. The largest absolute Gasteiger partial charge is 0.381 e. The summed E-state index contributed by atoms with van der Waals surface area (Å²) in [5.74, 6) is -0.452. The molecule has 0 bridgehead atoms. The third-order valence-corrected chi connectivity index (χ3v) is 2.46. The molecule has 1 aromatic carbocycles. The predicted octanol–water partition coefficient (Wildman–Crippen LogP) is 2.03. The second kappa shape index (κ2) is 4.24. The highest BCUT2D eigenvalue weighted by atomic mass is 16.3. The second-order valence-corrected chi connectivity index (χ2v) is 3.51. The first-order chi connectivity index (χ1) is 7.29. The number of aliphatic hydroxyl groups is 1. The highest BCUT2D eigenvalue weighted by Crippen LogP contribution is 2.21. The number of rotatable bonds is 3. The van der Waals surface area contributed by atoms with Crippen molar-refractivity contribution in [1.82, 2.24) is 0 Å². The molecule has 0 saturated carbocycles. The Labute approximate surface area is 88.6 Å². The normalized spacial score (nSPS) is 16.9. The summed E-state index contributed by atoms with van der Waals surface area (Å²) in [4.78, 5) is 11.8. The van der Waals surface area contributed by atoms with Crippen LogP contribution in [0.3, 0.4) is 0 Å². The van der Waals surface area contributed by atoms with E-state index in [9.17, 15) is 9.90 Å². The highest BCUT2D eigenvalue weighted by Gasteiger charge is 2.23. The first-order valence-corrected chi connectivity index (χ1v) is 4.91. The number of benzene rings is 1. The summed E-state index contributed by atoms with van der Waals surface area (Å²) in [5, 5.41) is 9.83. The molecule has 0 aliphatic heterocycles. The molecule has 0 heterocycles. The van der Waals surface area contributed by atoms with Gasteiger partial charge in [-0.2, -0.15) is 0 Å². The fourth-order valence-corrected chi connectivity index (χ4v) is 1.60. The number of carbonyl (C=O) groups is 1. The van der Waals surface area contributed by atoms with Crippen molar-refractivity contribution < 1.29 is 9.90 Å². The van der Waals surface area contributed by atoms with Gasteiger partial charge in [0.05, 0.1) is 5.92 Å². The lowest BCUT2D eigenvalue weighted by molar-refractivity contribution is -0.128. The van der Waals surface area contributed by atoms with Gasteiger partial charge in [0.2, 0.25) is 0 Å². The van der Waals surface area contributed by atoms with Crippen molar-refractivity contribution in [2.75, 3.05) is 0 Å². The van der Waals surface area contributed by atoms with E-state index < -0.39 is 6.10 Å². The lowest BCUT2D eigenvalue weighted by atomic mass is 9.96. The van der Waals surface area contributed by atoms with Crippen molar-refractivity contribution in [3.63, 3.8) is 0 Å². The molecule has 1 N–H and O–H groups in total. The fraction of sp³-hybridized carbons (Fsp3) is 0.154. The Hall–Kier alpha value is -1.67. The third kappa shape index (κ3) is 2.05. The van der Waals surface area contributed by atoms with E-state index in [0.29, 0.717) is 5.56 Å². The zero-order valence-corrected chi connectivity index (χ0v) is 8.21. The summed E-state index contributed by atoms with van der Waals surface area (Å²) < 4.78 is 0. The molecule has 2 rings (SSSR count). The Balaban J connectivity index is 2.14. The maximum absolute atomic E-state index is 11.8. The molecular formula is C13H12O2. The molecule has 0 radical (unpaired) electrons. The highest BCUT2D eigenvalue weighted by molar-refractivity contribution is 5.89. The number of hydrogen-bond acceptors (Lipinski definition) is 2. The minimum Gasteiger partial charge on any atom is -0.381 e. The van der Waals surface area contributed by atoms with Crippen LogP contribution in [0.15, 0.2) is 54.6 Å². The van der Waals surface area contributed by atoms with Crippen LogP contribution >= 0.6 is 0 Å². The minimum atomic E-state index is -1.02. The number of carbonyl (C=O) groups excluding carboxylic acids is 1. The Kier molecular flexibility index (Phi) is 2.79. The average molecular weight is 200 g/mol. The third-order valence-electron chi connectivity index (χ3n) is 2.46. The van der Waals surface area contributed by atoms with Crippen LogP contribution in [0.5, 0.6) is 0 Å². The van der Waals surface area contributed by atoms with Crippen LogP contribution in [-0.2, 0) is 4.79 Å². The van der Waals surface area contributed by atoms with Crippen molar-refractivity contribution in [2.45, 2.75) is 6.10 Å². The first kappa shape index (κ1) is 9.87. The van der Waals surface area contributed by atoms with Crippen LogP contribution in [0.2, 0.25) is 0 Å². The lowest BCUT2D eigenvalue weighted by Crippen LogP contribution is -2.18. The van der Waals surface area contributed by atoms with Crippen molar-refractivity contribution >= 4 is 5.78 Å². The zero-order valence-electron chi connectivity index (χ0n) is 8.21. The van der Waals surface area contributed by atoms with Crippen LogP contribution in [0.25, 0.3) is 0 Å². The summed E-state index contributed by atoms with van der Waals surface area (Å²) in [6.45, 7) is 0. The summed E-state index contributed by atoms with van der Waals surface area (Å²) in [5.41, 5.74) is 0.649. The number of Topliss-reactive ketones (excluding diaryl/α,β-unsaturated/α-hetero) is 1. The molecule has 1 aromatic rings. The lowest BCUT2D eigenvalue weighted by Gasteiger charge is -2.12. The molecule has 76 valence electrons. The van der Waals surface area contributed by atoms with Crippen molar-refractivity contribution in [3.8, 4) is 0 Å². The second-order valence-electron chi connectivity index (χ2n) is 3.51. The van der Waals surface area contributed by atoms with Gasteiger partial charge < -0.3 is 5.11 Å². The Morgan fingerprint density at radius 1 is 1.13 bits per heavy atom. The Morgan fingerprint density at radius 3 is 2.33 bits per heavy atom. The van der Waals surface area contributed by atoms with Crippen molar-refractivity contribution in [3.05, 3.63) is 60.2 Å². The van der Waals surface area contributed by atoms with E-state index in [0.717, 1.165) is 0 Å². The van der Waals surface area contributed by atoms with E-state index in [1.165, 1.54) is 0 Å². The summed E-state index contributed by atoms with van der Waals surface area (Å²) in [6.07, 6.45) is 6.19. The van der Waals surface area contributed by atoms with Crippen molar-refractivity contribution in [2.24, 2.45) is 5.92 Å². The molecule has 15 heavy (non-hydrogen) atoms. The van der Waals surface area contributed by atoms with E-state index in [-0.39, 0.29) is 11.7 Å². The van der Waals surface area contributed by atoms with Gasteiger partial charge in [0.15, 0.2) is 5.78 Å². The van der Waals surface area contributed by atoms with Crippen LogP contribution in [0.4, 0.5) is 0 Å². The SMILES string of the molecule is O=C(C1C=CC=C1)C(O)c1ccccc1. The van der Waals surface area contributed by atoms with Gasteiger partial charge >= 0.3 is 0 Å². The van der Waals surface area contributed by atoms with Crippen LogP contribution < -0.4 is 0 Å². The topological polar surface area (TPSA) is 37.3 Å². The predicted molar refractivity (Wildman–Crippen MR) is 58.2 cm³/mol. The fourth-order valence-electron chi connectivity index (χ4n) is 1.60. The smallest absolute Gasteiger partial charge is 0.176 e. The van der Waals surface area contributed by atoms with E-state index in [1.807, 2.05) is 30.4 Å². The maximum atomic E-state index is 11.8. The first-order valence-electron chi connectivity index (χ1n) is 4.91. The zero-order chi connectivity index (χ0) is 10.7. The summed E-state index contributed by atoms with van der Waals surface area (Å²) >= 11 is 0. The summed E-state index contributed by atoms with van der Waals surface area (Å²) in [7, 11) is 0. The molecule has 1 aliphatic carbocycles. The van der Waals surface area contributed by atoms with E-state index in [2.05, 4.69) is 0 Å². The molecule has 2 heteroatoms. The quantitative estimate of drug-likeness (QED) is 0.810. The summed E-state index contributed by atoms with van der Waals surface area (Å²) in [6, 6.07) is 8.99. The van der Waals surface area contributed by atoms with Gasteiger partial charge in [-0.3, -0.25) is 4.79 Å². The molecule has 0 amide bonds. The van der Waals surface area contributed by atoms with Gasteiger partial charge in [-0.15, -0.1) is 0 Å². The number of aliphatic hydroxyl groups excluding tert-OH is 1. The maximum Gasteiger partial charge on any atom is 0.176 e. The molecule has 0 saturated heterocycles. The molecule has 0 fully saturated rings. The standard InChI is InChI=1S/C13H12O2/c14-12(10-6-2-1-3-7-10)13(15)11-8-4-5-9-11/h1-9,11-12,14H.